The van der Waals surface area contributed by atoms with E-state index in [4.69, 9.17) is 5.73 Å². The van der Waals surface area contributed by atoms with Crippen LogP contribution in [0.3, 0.4) is 0 Å². The highest BCUT2D eigenvalue weighted by atomic mass is 79.9. The average Bonchev–Trinajstić information content (AvgIpc) is 2.84. The Kier molecular flexibility index (Phi) is 5.58. The SMILES string of the molecule is CC(CNCc1cc(Br)cs1)C(N)c1ccccc1. The van der Waals surface area contributed by atoms with Crippen molar-refractivity contribution in [2.45, 2.75) is 19.5 Å². The Morgan fingerprint density at radius 2 is 2.05 bits per heavy atom. The Morgan fingerprint density at radius 3 is 2.68 bits per heavy atom. The van der Waals surface area contributed by atoms with Gasteiger partial charge in [-0.1, -0.05) is 37.3 Å². The van der Waals surface area contributed by atoms with Crippen LogP contribution >= 0.6 is 27.3 Å². The Bertz CT molecular complexity index is 498. The second-order valence-electron chi connectivity index (χ2n) is 4.78. The van der Waals surface area contributed by atoms with Crippen molar-refractivity contribution < 1.29 is 0 Å². The van der Waals surface area contributed by atoms with Gasteiger partial charge in [-0.3, -0.25) is 0 Å². The van der Waals surface area contributed by atoms with Crippen LogP contribution in [0.1, 0.15) is 23.4 Å². The maximum Gasteiger partial charge on any atom is 0.0333 e. The smallest absolute Gasteiger partial charge is 0.0333 e. The molecule has 2 unspecified atom stereocenters. The number of rotatable bonds is 6. The molecule has 102 valence electrons. The largest absolute Gasteiger partial charge is 0.324 e. The molecule has 0 fully saturated rings. The minimum Gasteiger partial charge on any atom is -0.324 e. The molecule has 1 heterocycles. The molecule has 1 aromatic heterocycles. The second kappa shape index (κ2) is 7.20. The number of hydrogen-bond acceptors (Lipinski definition) is 3. The number of hydrogen-bond donors (Lipinski definition) is 2. The number of nitrogens with two attached hydrogens (primary N) is 1. The molecule has 0 bridgehead atoms. The van der Waals surface area contributed by atoms with E-state index in [0.29, 0.717) is 5.92 Å². The van der Waals surface area contributed by atoms with E-state index in [1.165, 1.54) is 10.4 Å². The van der Waals surface area contributed by atoms with Gasteiger partial charge in [0.2, 0.25) is 0 Å². The molecule has 2 aromatic rings. The van der Waals surface area contributed by atoms with Gasteiger partial charge in [0.15, 0.2) is 0 Å². The number of nitrogens with one attached hydrogen (secondary N) is 1. The van der Waals surface area contributed by atoms with E-state index in [0.717, 1.165) is 17.6 Å². The van der Waals surface area contributed by atoms with Gasteiger partial charge in [-0.15, -0.1) is 11.3 Å². The molecule has 4 heteroatoms. The highest BCUT2D eigenvalue weighted by Crippen LogP contribution is 2.20. The van der Waals surface area contributed by atoms with Gasteiger partial charge in [0, 0.05) is 27.3 Å². The fraction of sp³-hybridized carbons (Fsp3) is 0.333. The standard InChI is InChI=1S/C15H19BrN2S/c1-11(15(17)12-5-3-2-4-6-12)8-18-9-14-7-13(16)10-19-14/h2-7,10-11,15,18H,8-9,17H2,1H3. The van der Waals surface area contributed by atoms with E-state index < -0.39 is 0 Å². The van der Waals surface area contributed by atoms with Crippen molar-refractivity contribution in [3.63, 3.8) is 0 Å². The zero-order chi connectivity index (χ0) is 13.7. The maximum atomic E-state index is 6.28. The van der Waals surface area contributed by atoms with Crippen LogP contribution in [0.15, 0.2) is 46.3 Å². The first-order valence-corrected chi connectivity index (χ1v) is 8.08. The van der Waals surface area contributed by atoms with Crippen LogP contribution in [0, 0.1) is 5.92 Å². The van der Waals surface area contributed by atoms with Crippen LogP contribution < -0.4 is 11.1 Å². The van der Waals surface area contributed by atoms with Crippen LogP contribution in [0.4, 0.5) is 0 Å². The molecule has 0 amide bonds. The lowest BCUT2D eigenvalue weighted by Crippen LogP contribution is -2.29. The molecule has 0 radical (unpaired) electrons. The molecule has 0 aliphatic carbocycles. The molecular formula is C15H19BrN2S. The Balaban J connectivity index is 1.79. The zero-order valence-corrected chi connectivity index (χ0v) is 13.4. The first-order chi connectivity index (χ1) is 9.16. The summed E-state index contributed by atoms with van der Waals surface area (Å²) in [7, 11) is 0. The summed E-state index contributed by atoms with van der Waals surface area (Å²) in [6.45, 7) is 4.02. The van der Waals surface area contributed by atoms with Gasteiger partial charge >= 0.3 is 0 Å². The van der Waals surface area contributed by atoms with E-state index in [1.807, 2.05) is 18.2 Å². The Hall–Kier alpha value is -0.680. The van der Waals surface area contributed by atoms with Crippen molar-refractivity contribution in [3.8, 4) is 0 Å². The van der Waals surface area contributed by atoms with E-state index in [2.05, 4.69) is 51.7 Å². The van der Waals surface area contributed by atoms with Crippen LogP contribution in [0.2, 0.25) is 0 Å². The van der Waals surface area contributed by atoms with Crippen LogP contribution in [-0.2, 0) is 6.54 Å². The van der Waals surface area contributed by atoms with E-state index in [1.54, 1.807) is 11.3 Å². The summed E-state index contributed by atoms with van der Waals surface area (Å²) in [6, 6.07) is 12.5. The quantitative estimate of drug-likeness (QED) is 0.837. The summed E-state index contributed by atoms with van der Waals surface area (Å²) >= 11 is 5.23. The van der Waals surface area contributed by atoms with Gasteiger partial charge in [-0.2, -0.15) is 0 Å². The van der Waals surface area contributed by atoms with Crippen molar-refractivity contribution in [3.05, 3.63) is 56.7 Å². The Labute approximate surface area is 127 Å². The lowest BCUT2D eigenvalue weighted by atomic mass is 9.95. The van der Waals surface area contributed by atoms with E-state index in [9.17, 15) is 0 Å². The third-order valence-electron chi connectivity index (χ3n) is 3.18. The number of thiophene rings is 1. The molecule has 0 saturated heterocycles. The maximum absolute atomic E-state index is 6.28. The third-order valence-corrected chi connectivity index (χ3v) is 4.88. The predicted molar refractivity (Wildman–Crippen MR) is 86.3 cm³/mol. The van der Waals surface area contributed by atoms with Gasteiger partial charge in [-0.25, -0.2) is 0 Å². The number of benzene rings is 1. The van der Waals surface area contributed by atoms with Crippen LogP contribution in [-0.4, -0.2) is 6.54 Å². The summed E-state index contributed by atoms with van der Waals surface area (Å²) in [4.78, 5) is 1.34. The first-order valence-electron chi connectivity index (χ1n) is 6.41. The fourth-order valence-corrected chi connectivity index (χ4v) is 3.42. The summed E-state index contributed by atoms with van der Waals surface area (Å²) in [5.41, 5.74) is 7.48. The molecule has 3 N–H and O–H groups in total. The van der Waals surface area contributed by atoms with E-state index in [-0.39, 0.29) is 6.04 Å². The highest BCUT2D eigenvalue weighted by molar-refractivity contribution is 9.10. The molecule has 0 saturated carbocycles. The molecule has 0 spiro atoms. The van der Waals surface area contributed by atoms with Gasteiger partial charge < -0.3 is 11.1 Å². The average molecular weight is 339 g/mol. The molecule has 2 nitrogen and oxygen atoms in total. The van der Waals surface area contributed by atoms with Gasteiger partial charge in [0.05, 0.1) is 0 Å². The topological polar surface area (TPSA) is 38.0 Å². The van der Waals surface area contributed by atoms with Gasteiger partial charge in [0.25, 0.3) is 0 Å². The van der Waals surface area contributed by atoms with Crippen molar-refractivity contribution in [1.82, 2.24) is 5.32 Å². The molecule has 0 aliphatic heterocycles. The number of halogens is 1. The summed E-state index contributed by atoms with van der Waals surface area (Å²) < 4.78 is 1.16. The molecule has 2 atom stereocenters. The van der Waals surface area contributed by atoms with Crippen molar-refractivity contribution in [1.29, 1.82) is 0 Å². The van der Waals surface area contributed by atoms with E-state index >= 15 is 0 Å². The molecule has 19 heavy (non-hydrogen) atoms. The third kappa shape index (κ3) is 4.42. The van der Waals surface area contributed by atoms with Crippen molar-refractivity contribution in [2.24, 2.45) is 11.7 Å². The van der Waals surface area contributed by atoms with Crippen LogP contribution in [0.25, 0.3) is 0 Å². The zero-order valence-electron chi connectivity index (χ0n) is 11.0. The first kappa shape index (κ1) is 14.7. The van der Waals surface area contributed by atoms with Gasteiger partial charge in [-0.05, 0) is 40.0 Å². The lowest BCUT2D eigenvalue weighted by molar-refractivity contribution is 0.435. The molecular weight excluding hydrogens is 320 g/mol. The fourth-order valence-electron chi connectivity index (χ4n) is 2.00. The predicted octanol–water partition coefficient (Wildman–Crippen LogP) is 3.94. The van der Waals surface area contributed by atoms with Gasteiger partial charge in [0.1, 0.15) is 0 Å². The Morgan fingerprint density at radius 1 is 1.32 bits per heavy atom. The van der Waals surface area contributed by atoms with Crippen LogP contribution in [0.5, 0.6) is 0 Å². The molecule has 0 aliphatic rings. The van der Waals surface area contributed by atoms with Crippen molar-refractivity contribution >= 4 is 27.3 Å². The second-order valence-corrected chi connectivity index (χ2v) is 6.69. The summed E-state index contributed by atoms with van der Waals surface area (Å²) in [6.07, 6.45) is 0. The summed E-state index contributed by atoms with van der Waals surface area (Å²) in [5.74, 6) is 0.408. The normalized spacial score (nSPS) is 14.3. The molecule has 2 rings (SSSR count). The molecule has 1 aromatic carbocycles. The monoisotopic (exact) mass is 338 g/mol. The van der Waals surface area contributed by atoms with Crippen molar-refractivity contribution in [2.75, 3.05) is 6.54 Å². The summed E-state index contributed by atoms with van der Waals surface area (Å²) in [5, 5.41) is 5.58. The lowest BCUT2D eigenvalue weighted by Gasteiger charge is -2.20. The minimum atomic E-state index is 0.0868. The minimum absolute atomic E-state index is 0.0868. The highest BCUT2D eigenvalue weighted by Gasteiger charge is 2.14.